The Kier molecular flexibility index (Phi) is 1.51. The SMILES string of the molecule is C[C@@H]1C2OC3(OC3(C)C)[C@H]2O[C@@H]1CO. The summed E-state index contributed by atoms with van der Waals surface area (Å²) < 4.78 is 17.1. The van der Waals surface area contributed by atoms with E-state index in [1.165, 1.54) is 0 Å². The maximum absolute atomic E-state index is 9.10. The van der Waals surface area contributed by atoms with Crippen LogP contribution in [0.25, 0.3) is 0 Å². The molecular formula is C10H16O4. The fourth-order valence-corrected chi connectivity index (χ4v) is 2.68. The molecule has 3 saturated heterocycles. The third kappa shape index (κ3) is 0.795. The van der Waals surface area contributed by atoms with E-state index < -0.39 is 5.79 Å². The lowest BCUT2D eigenvalue weighted by Crippen LogP contribution is -2.58. The molecule has 4 nitrogen and oxygen atoms in total. The summed E-state index contributed by atoms with van der Waals surface area (Å²) in [5.74, 6) is -0.244. The third-order valence-electron chi connectivity index (χ3n) is 3.79. The molecule has 1 spiro atoms. The molecule has 80 valence electrons. The van der Waals surface area contributed by atoms with Gasteiger partial charge in [0.05, 0.1) is 18.8 Å². The number of hydrogen-bond acceptors (Lipinski definition) is 4. The Morgan fingerprint density at radius 2 is 2.00 bits per heavy atom. The minimum Gasteiger partial charge on any atom is -0.394 e. The molecular weight excluding hydrogens is 184 g/mol. The van der Waals surface area contributed by atoms with Crippen LogP contribution in [0.2, 0.25) is 0 Å². The highest BCUT2D eigenvalue weighted by Gasteiger charge is 2.81. The summed E-state index contributed by atoms with van der Waals surface area (Å²) in [5.41, 5.74) is -0.224. The summed E-state index contributed by atoms with van der Waals surface area (Å²) in [4.78, 5) is 0. The van der Waals surface area contributed by atoms with E-state index in [9.17, 15) is 0 Å². The molecule has 1 N–H and O–H groups in total. The second kappa shape index (κ2) is 2.32. The minimum atomic E-state index is -0.504. The monoisotopic (exact) mass is 200 g/mol. The summed E-state index contributed by atoms with van der Waals surface area (Å²) in [7, 11) is 0. The average Bonchev–Trinajstić information content (AvgIpc) is 2.58. The maximum Gasteiger partial charge on any atom is 0.228 e. The van der Waals surface area contributed by atoms with Crippen LogP contribution in [-0.4, -0.2) is 41.4 Å². The zero-order valence-electron chi connectivity index (χ0n) is 8.69. The van der Waals surface area contributed by atoms with Gasteiger partial charge in [-0.2, -0.15) is 0 Å². The molecule has 0 radical (unpaired) electrons. The molecule has 3 fully saturated rings. The molecule has 0 bridgehead atoms. The van der Waals surface area contributed by atoms with Crippen LogP contribution in [0.4, 0.5) is 0 Å². The van der Waals surface area contributed by atoms with E-state index in [4.69, 9.17) is 19.3 Å². The number of ether oxygens (including phenoxy) is 3. The fraction of sp³-hybridized carbons (Fsp3) is 1.00. The number of aliphatic hydroxyl groups excluding tert-OH is 1. The first kappa shape index (κ1) is 9.09. The molecule has 0 aliphatic carbocycles. The predicted molar refractivity (Wildman–Crippen MR) is 47.7 cm³/mol. The summed E-state index contributed by atoms with van der Waals surface area (Å²) in [6, 6.07) is 0. The first-order valence-corrected chi connectivity index (χ1v) is 5.16. The summed E-state index contributed by atoms with van der Waals surface area (Å²) in [5, 5.41) is 9.10. The normalized spacial score (nSPS) is 58.3. The van der Waals surface area contributed by atoms with Crippen molar-refractivity contribution in [2.45, 2.75) is 50.5 Å². The second-order valence-corrected chi connectivity index (χ2v) is 5.00. The molecule has 3 rings (SSSR count). The van der Waals surface area contributed by atoms with Crippen LogP contribution >= 0.6 is 0 Å². The van der Waals surface area contributed by atoms with Gasteiger partial charge in [0.2, 0.25) is 5.79 Å². The van der Waals surface area contributed by atoms with E-state index in [1.807, 2.05) is 20.8 Å². The van der Waals surface area contributed by atoms with Gasteiger partial charge in [0, 0.05) is 5.92 Å². The summed E-state index contributed by atoms with van der Waals surface area (Å²) in [6.07, 6.45) is 0.0305. The first-order chi connectivity index (χ1) is 6.52. The second-order valence-electron chi connectivity index (χ2n) is 5.00. The smallest absolute Gasteiger partial charge is 0.228 e. The molecule has 0 saturated carbocycles. The van der Waals surface area contributed by atoms with Crippen molar-refractivity contribution < 1.29 is 19.3 Å². The molecule has 3 aliphatic heterocycles. The molecule has 2 unspecified atom stereocenters. The van der Waals surface area contributed by atoms with E-state index in [1.54, 1.807) is 0 Å². The lowest BCUT2D eigenvalue weighted by Gasteiger charge is -2.39. The number of hydrogen-bond donors (Lipinski definition) is 1. The van der Waals surface area contributed by atoms with E-state index in [0.717, 1.165) is 0 Å². The largest absolute Gasteiger partial charge is 0.394 e. The fourth-order valence-electron chi connectivity index (χ4n) is 2.68. The zero-order chi connectivity index (χ0) is 10.1. The van der Waals surface area contributed by atoms with Gasteiger partial charge < -0.3 is 19.3 Å². The Hall–Kier alpha value is -0.160. The Labute approximate surface area is 83.1 Å². The number of rotatable bonds is 1. The van der Waals surface area contributed by atoms with Crippen molar-refractivity contribution in [3.8, 4) is 0 Å². The first-order valence-electron chi connectivity index (χ1n) is 5.16. The van der Waals surface area contributed by atoms with Gasteiger partial charge in [0.15, 0.2) is 0 Å². The Bertz CT molecular complexity index is 277. The Morgan fingerprint density at radius 1 is 1.36 bits per heavy atom. The van der Waals surface area contributed by atoms with Gasteiger partial charge in [-0.3, -0.25) is 0 Å². The van der Waals surface area contributed by atoms with Crippen LogP contribution in [0.1, 0.15) is 20.8 Å². The van der Waals surface area contributed by atoms with E-state index in [0.29, 0.717) is 0 Å². The predicted octanol–water partition coefficient (Wildman–Crippen LogP) is 0.286. The van der Waals surface area contributed by atoms with Crippen molar-refractivity contribution in [1.29, 1.82) is 0 Å². The third-order valence-corrected chi connectivity index (χ3v) is 3.79. The zero-order valence-corrected chi connectivity index (χ0v) is 8.69. The molecule has 0 aromatic carbocycles. The van der Waals surface area contributed by atoms with Crippen LogP contribution in [0.3, 0.4) is 0 Å². The molecule has 0 aromatic heterocycles. The van der Waals surface area contributed by atoms with Crippen LogP contribution in [0, 0.1) is 5.92 Å². The van der Waals surface area contributed by atoms with Crippen LogP contribution < -0.4 is 0 Å². The van der Waals surface area contributed by atoms with Gasteiger partial charge in [0.25, 0.3) is 0 Å². The van der Waals surface area contributed by atoms with E-state index >= 15 is 0 Å². The molecule has 4 heteroatoms. The maximum atomic E-state index is 9.10. The lowest BCUT2D eigenvalue weighted by molar-refractivity contribution is -0.271. The van der Waals surface area contributed by atoms with Gasteiger partial charge in [-0.25, -0.2) is 0 Å². The van der Waals surface area contributed by atoms with Crippen molar-refractivity contribution in [2.75, 3.05) is 6.61 Å². The van der Waals surface area contributed by atoms with Gasteiger partial charge in [0.1, 0.15) is 11.7 Å². The van der Waals surface area contributed by atoms with Crippen molar-refractivity contribution in [2.24, 2.45) is 5.92 Å². The van der Waals surface area contributed by atoms with Gasteiger partial charge >= 0.3 is 0 Å². The van der Waals surface area contributed by atoms with Gasteiger partial charge in [-0.15, -0.1) is 0 Å². The molecule has 5 atom stereocenters. The molecule has 3 aliphatic rings. The van der Waals surface area contributed by atoms with Crippen LogP contribution in [0.5, 0.6) is 0 Å². The quantitative estimate of drug-likeness (QED) is 0.618. The number of fused-ring (bicyclic) bond motifs is 2. The Balaban J connectivity index is 1.78. The van der Waals surface area contributed by atoms with Crippen molar-refractivity contribution >= 4 is 0 Å². The highest BCUT2D eigenvalue weighted by atomic mass is 16.9. The Morgan fingerprint density at radius 3 is 2.50 bits per heavy atom. The summed E-state index contributed by atoms with van der Waals surface area (Å²) in [6.45, 7) is 6.12. The minimum absolute atomic E-state index is 0.0182. The lowest BCUT2D eigenvalue weighted by atomic mass is 9.86. The molecule has 3 heterocycles. The average molecular weight is 200 g/mol. The molecule has 0 amide bonds. The van der Waals surface area contributed by atoms with Crippen LogP contribution in [-0.2, 0) is 14.2 Å². The topological polar surface area (TPSA) is 51.2 Å². The number of epoxide rings is 1. The van der Waals surface area contributed by atoms with Crippen molar-refractivity contribution in [3.05, 3.63) is 0 Å². The van der Waals surface area contributed by atoms with Gasteiger partial charge in [-0.1, -0.05) is 6.92 Å². The van der Waals surface area contributed by atoms with Crippen molar-refractivity contribution in [3.63, 3.8) is 0 Å². The molecule has 14 heavy (non-hydrogen) atoms. The highest BCUT2D eigenvalue weighted by molar-refractivity contribution is 5.20. The highest BCUT2D eigenvalue weighted by Crippen LogP contribution is 2.63. The van der Waals surface area contributed by atoms with Gasteiger partial charge in [-0.05, 0) is 13.8 Å². The van der Waals surface area contributed by atoms with E-state index in [2.05, 4.69) is 0 Å². The summed E-state index contributed by atoms with van der Waals surface area (Å²) >= 11 is 0. The van der Waals surface area contributed by atoms with E-state index in [-0.39, 0.29) is 36.4 Å². The standard InChI is InChI=1S/C10H16O4/c1-5-6(4-11)12-8-7(5)13-10(8)9(2,3)14-10/h5-8,11H,4H2,1-3H3/t5-,6+,7?,8-,10?/m0/s1. The molecule has 0 aromatic rings. The van der Waals surface area contributed by atoms with Crippen molar-refractivity contribution in [1.82, 2.24) is 0 Å². The number of aliphatic hydroxyl groups is 1. The van der Waals surface area contributed by atoms with Crippen LogP contribution in [0.15, 0.2) is 0 Å².